The molecule has 0 aliphatic heterocycles. The SMILES string of the molecule is O=C(Nc1ccccc1-c1nc(-c2cccs2)no1)C(Cl)Cl. The van der Waals surface area contributed by atoms with E-state index in [9.17, 15) is 4.79 Å². The van der Waals surface area contributed by atoms with Crippen LogP contribution in [0.4, 0.5) is 5.69 Å². The van der Waals surface area contributed by atoms with E-state index in [1.165, 1.54) is 11.3 Å². The molecule has 8 heteroatoms. The second kappa shape index (κ2) is 6.48. The van der Waals surface area contributed by atoms with Crippen molar-refractivity contribution in [2.45, 2.75) is 4.84 Å². The average molecular weight is 354 g/mol. The van der Waals surface area contributed by atoms with Crippen LogP contribution in [0.5, 0.6) is 0 Å². The van der Waals surface area contributed by atoms with Crippen LogP contribution >= 0.6 is 34.5 Å². The number of hydrogen-bond acceptors (Lipinski definition) is 5. The Morgan fingerprint density at radius 3 is 2.77 bits per heavy atom. The van der Waals surface area contributed by atoms with Crippen LogP contribution in [-0.2, 0) is 4.79 Å². The highest BCUT2D eigenvalue weighted by Crippen LogP contribution is 2.30. The smallest absolute Gasteiger partial charge is 0.260 e. The Balaban J connectivity index is 1.94. The molecule has 5 nitrogen and oxygen atoms in total. The van der Waals surface area contributed by atoms with E-state index in [0.717, 1.165) is 4.88 Å². The maximum absolute atomic E-state index is 11.6. The molecule has 22 heavy (non-hydrogen) atoms. The molecule has 3 aromatic rings. The lowest BCUT2D eigenvalue weighted by Gasteiger charge is -2.08. The van der Waals surface area contributed by atoms with Crippen molar-refractivity contribution in [3.8, 4) is 22.2 Å². The number of alkyl halides is 2. The fourth-order valence-electron chi connectivity index (χ4n) is 1.80. The number of carbonyl (C=O) groups excluding carboxylic acids is 1. The lowest BCUT2D eigenvalue weighted by molar-refractivity contribution is -0.114. The summed E-state index contributed by atoms with van der Waals surface area (Å²) in [5.74, 6) is 0.285. The van der Waals surface area contributed by atoms with Gasteiger partial charge in [0.2, 0.25) is 5.82 Å². The van der Waals surface area contributed by atoms with E-state index in [-0.39, 0.29) is 0 Å². The van der Waals surface area contributed by atoms with Crippen LogP contribution < -0.4 is 5.32 Å². The topological polar surface area (TPSA) is 68.0 Å². The number of para-hydroxylation sites is 1. The Bertz CT molecular complexity index is 787. The quantitative estimate of drug-likeness (QED) is 0.713. The summed E-state index contributed by atoms with van der Waals surface area (Å²) in [7, 11) is 0. The highest BCUT2D eigenvalue weighted by molar-refractivity contribution is 7.13. The number of benzene rings is 1. The van der Waals surface area contributed by atoms with Gasteiger partial charge in [-0.25, -0.2) is 0 Å². The molecule has 0 unspecified atom stereocenters. The molecule has 0 spiro atoms. The first-order valence-electron chi connectivity index (χ1n) is 6.21. The monoisotopic (exact) mass is 353 g/mol. The lowest BCUT2D eigenvalue weighted by Crippen LogP contribution is -2.18. The highest BCUT2D eigenvalue weighted by Gasteiger charge is 2.17. The number of nitrogens with one attached hydrogen (secondary N) is 1. The summed E-state index contributed by atoms with van der Waals surface area (Å²) >= 11 is 12.6. The van der Waals surface area contributed by atoms with Gasteiger partial charge in [0.15, 0.2) is 4.84 Å². The molecule has 2 heterocycles. The molecule has 1 N–H and O–H groups in total. The summed E-state index contributed by atoms with van der Waals surface area (Å²) < 4.78 is 5.29. The van der Waals surface area contributed by atoms with Crippen LogP contribution in [0.3, 0.4) is 0 Å². The third-order valence-electron chi connectivity index (χ3n) is 2.78. The second-order valence-electron chi connectivity index (χ2n) is 4.24. The summed E-state index contributed by atoms with van der Waals surface area (Å²) in [4.78, 5) is 15.7. The Hall–Kier alpha value is -1.89. The molecule has 0 atom stereocenters. The first-order chi connectivity index (χ1) is 10.6. The van der Waals surface area contributed by atoms with Crippen molar-refractivity contribution >= 4 is 46.1 Å². The zero-order valence-corrected chi connectivity index (χ0v) is 13.3. The minimum atomic E-state index is -1.16. The number of carbonyl (C=O) groups is 1. The molecule has 0 bridgehead atoms. The number of anilines is 1. The van der Waals surface area contributed by atoms with E-state index in [0.29, 0.717) is 23.0 Å². The molecule has 0 saturated carbocycles. The van der Waals surface area contributed by atoms with Crippen LogP contribution in [0.15, 0.2) is 46.3 Å². The normalized spacial score (nSPS) is 10.9. The van der Waals surface area contributed by atoms with E-state index >= 15 is 0 Å². The zero-order valence-electron chi connectivity index (χ0n) is 11.0. The maximum atomic E-state index is 11.6. The van der Waals surface area contributed by atoms with Gasteiger partial charge in [-0.15, -0.1) is 11.3 Å². The molecule has 3 rings (SSSR count). The van der Waals surface area contributed by atoms with E-state index < -0.39 is 10.7 Å². The number of thiophene rings is 1. The van der Waals surface area contributed by atoms with Gasteiger partial charge in [0, 0.05) is 0 Å². The van der Waals surface area contributed by atoms with Gasteiger partial charge in [0.05, 0.1) is 16.1 Å². The molecule has 0 aliphatic carbocycles. The van der Waals surface area contributed by atoms with Crippen molar-refractivity contribution in [1.82, 2.24) is 10.1 Å². The summed E-state index contributed by atoms with van der Waals surface area (Å²) in [5.41, 5.74) is 1.10. The van der Waals surface area contributed by atoms with Crippen LogP contribution in [0.2, 0.25) is 0 Å². The predicted octanol–water partition coefficient (Wildman–Crippen LogP) is 4.21. The van der Waals surface area contributed by atoms with Crippen LogP contribution in [0, 0.1) is 0 Å². The van der Waals surface area contributed by atoms with Crippen molar-refractivity contribution in [1.29, 1.82) is 0 Å². The first kappa shape index (κ1) is 15.0. The van der Waals surface area contributed by atoms with Crippen molar-refractivity contribution in [2.75, 3.05) is 5.32 Å². The minimum absolute atomic E-state index is 0.306. The van der Waals surface area contributed by atoms with Crippen LogP contribution in [0.1, 0.15) is 0 Å². The number of halogens is 2. The number of nitrogens with zero attached hydrogens (tertiary/aromatic N) is 2. The molecule has 0 saturated heterocycles. The molecule has 112 valence electrons. The number of hydrogen-bond donors (Lipinski definition) is 1. The first-order valence-corrected chi connectivity index (χ1v) is 7.96. The van der Waals surface area contributed by atoms with E-state index in [1.54, 1.807) is 24.3 Å². The van der Waals surface area contributed by atoms with Gasteiger partial charge in [-0.05, 0) is 23.6 Å². The van der Waals surface area contributed by atoms with Gasteiger partial charge in [-0.1, -0.05) is 46.6 Å². The molecule has 1 aromatic carbocycles. The molecule has 0 radical (unpaired) electrons. The minimum Gasteiger partial charge on any atom is -0.334 e. The molecule has 1 amide bonds. The number of rotatable bonds is 4. The van der Waals surface area contributed by atoms with Gasteiger partial charge in [0.1, 0.15) is 0 Å². The predicted molar refractivity (Wildman–Crippen MR) is 87.2 cm³/mol. The number of aromatic nitrogens is 2. The Morgan fingerprint density at radius 1 is 1.23 bits per heavy atom. The Morgan fingerprint density at radius 2 is 2.05 bits per heavy atom. The molecule has 0 aliphatic rings. The van der Waals surface area contributed by atoms with E-state index in [2.05, 4.69) is 15.5 Å². The molecule has 2 aromatic heterocycles. The highest BCUT2D eigenvalue weighted by atomic mass is 35.5. The van der Waals surface area contributed by atoms with Crippen molar-refractivity contribution < 1.29 is 9.32 Å². The Labute approximate surface area is 139 Å². The molecular formula is C14H9Cl2N3O2S. The second-order valence-corrected chi connectivity index (χ2v) is 6.28. The average Bonchev–Trinajstić information content (AvgIpc) is 3.19. The van der Waals surface area contributed by atoms with Gasteiger partial charge in [0.25, 0.3) is 11.8 Å². The van der Waals surface area contributed by atoms with Gasteiger partial charge in [-0.2, -0.15) is 4.98 Å². The molecular weight excluding hydrogens is 345 g/mol. The van der Waals surface area contributed by atoms with Crippen molar-refractivity contribution in [3.05, 3.63) is 41.8 Å². The van der Waals surface area contributed by atoms with Crippen LogP contribution in [-0.4, -0.2) is 20.9 Å². The zero-order chi connectivity index (χ0) is 15.5. The fourth-order valence-corrected chi connectivity index (χ4v) is 2.56. The van der Waals surface area contributed by atoms with Gasteiger partial charge in [-0.3, -0.25) is 4.79 Å². The maximum Gasteiger partial charge on any atom is 0.260 e. The standard InChI is InChI=1S/C14H9Cl2N3O2S/c15-11(16)13(20)17-9-5-2-1-4-8(9)14-18-12(19-21-14)10-6-3-7-22-10/h1-7,11H,(H,17,20). The molecule has 0 fully saturated rings. The van der Waals surface area contributed by atoms with Crippen LogP contribution in [0.25, 0.3) is 22.2 Å². The van der Waals surface area contributed by atoms with Crippen molar-refractivity contribution in [3.63, 3.8) is 0 Å². The summed E-state index contributed by atoms with van der Waals surface area (Å²) in [6.45, 7) is 0. The van der Waals surface area contributed by atoms with Crippen molar-refractivity contribution in [2.24, 2.45) is 0 Å². The largest absolute Gasteiger partial charge is 0.334 e. The van der Waals surface area contributed by atoms with E-state index in [1.807, 2.05) is 17.5 Å². The lowest BCUT2D eigenvalue weighted by atomic mass is 10.1. The third-order valence-corrected chi connectivity index (χ3v) is 4.04. The number of amides is 1. The van der Waals surface area contributed by atoms with E-state index in [4.69, 9.17) is 27.7 Å². The third kappa shape index (κ3) is 3.14. The summed E-state index contributed by atoms with van der Waals surface area (Å²) in [6.07, 6.45) is 0. The summed E-state index contributed by atoms with van der Waals surface area (Å²) in [5, 5.41) is 8.51. The summed E-state index contributed by atoms with van der Waals surface area (Å²) in [6, 6.07) is 10.9. The Kier molecular flexibility index (Phi) is 4.42. The van der Waals surface area contributed by atoms with Gasteiger partial charge < -0.3 is 9.84 Å². The van der Waals surface area contributed by atoms with Gasteiger partial charge >= 0.3 is 0 Å². The fraction of sp³-hybridized carbons (Fsp3) is 0.0714.